The summed E-state index contributed by atoms with van der Waals surface area (Å²) in [5.41, 5.74) is 1.01. The molecule has 1 aromatic heterocycles. The Morgan fingerprint density at radius 1 is 1.32 bits per heavy atom. The average Bonchev–Trinajstić information content (AvgIpc) is 3.02. The summed E-state index contributed by atoms with van der Waals surface area (Å²) in [6.45, 7) is 2.89. The maximum Gasteiger partial charge on any atom is 0.274 e. The van der Waals surface area contributed by atoms with Gasteiger partial charge in [0.1, 0.15) is 8.42 Å². The first-order valence-corrected chi connectivity index (χ1v) is 11.5. The summed E-state index contributed by atoms with van der Waals surface area (Å²) in [7, 11) is -7.81. The highest BCUT2D eigenvalue weighted by Gasteiger charge is 2.40. The predicted octanol–water partition coefficient (Wildman–Crippen LogP) is 1.65. The van der Waals surface area contributed by atoms with E-state index in [2.05, 4.69) is 5.32 Å². The van der Waals surface area contributed by atoms with Crippen molar-refractivity contribution in [1.82, 2.24) is 5.32 Å². The van der Waals surface area contributed by atoms with Crippen LogP contribution in [-0.4, -0.2) is 29.9 Å². The summed E-state index contributed by atoms with van der Waals surface area (Å²) in [5.74, 6) is 0. The summed E-state index contributed by atoms with van der Waals surface area (Å²) < 4.78 is 50.7. The second-order valence-corrected chi connectivity index (χ2v) is 10.6. The molecule has 1 aliphatic rings. The normalized spacial score (nSPS) is 19.6. The van der Waals surface area contributed by atoms with Crippen LogP contribution in [0.15, 0.2) is 44.8 Å². The molecule has 0 aliphatic carbocycles. The van der Waals surface area contributed by atoms with E-state index >= 15 is 0 Å². The molecule has 0 saturated heterocycles. The van der Waals surface area contributed by atoms with Gasteiger partial charge in [0.25, 0.3) is 10.0 Å². The minimum Gasteiger partial charge on any atom is -0.308 e. The van der Waals surface area contributed by atoms with Gasteiger partial charge in [-0.15, -0.1) is 11.3 Å². The van der Waals surface area contributed by atoms with Gasteiger partial charge in [-0.1, -0.05) is 25.1 Å². The second-order valence-electron chi connectivity index (χ2n) is 5.73. The minimum absolute atomic E-state index is 0.0280. The van der Waals surface area contributed by atoms with E-state index in [9.17, 15) is 16.8 Å². The van der Waals surface area contributed by atoms with E-state index in [-0.39, 0.29) is 21.0 Å². The van der Waals surface area contributed by atoms with Gasteiger partial charge in [-0.05, 0) is 31.2 Å². The molecule has 1 atom stereocenters. The smallest absolute Gasteiger partial charge is 0.274 e. The molecule has 1 aliphatic heterocycles. The molecule has 136 valence electrons. The lowest BCUT2D eigenvalue weighted by atomic mass is 10.1. The molecule has 3 rings (SSSR count). The minimum atomic E-state index is -3.97. The number of anilines is 1. The lowest BCUT2D eigenvalue weighted by Gasteiger charge is -2.34. The molecule has 0 saturated carbocycles. The number of nitrogens with one attached hydrogen (secondary N) is 1. The number of nitrogens with two attached hydrogens (primary N) is 1. The van der Waals surface area contributed by atoms with E-state index in [0.29, 0.717) is 29.1 Å². The lowest BCUT2D eigenvalue weighted by Crippen LogP contribution is -2.43. The quantitative estimate of drug-likeness (QED) is 0.792. The Kier molecular flexibility index (Phi) is 4.91. The van der Waals surface area contributed by atoms with Crippen LogP contribution >= 0.6 is 11.3 Å². The van der Waals surface area contributed by atoms with Crippen molar-refractivity contribution < 1.29 is 16.8 Å². The van der Waals surface area contributed by atoms with Crippen LogP contribution in [0.25, 0.3) is 0 Å². The highest BCUT2D eigenvalue weighted by Crippen LogP contribution is 2.41. The number of benzene rings is 1. The van der Waals surface area contributed by atoms with Crippen molar-refractivity contribution in [3.05, 3.63) is 42.0 Å². The zero-order valence-electron chi connectivity index (χ0n) is 13.5. The Hall–Kier alpha value is -1.46. The maximum absolute atomic E-state index is 13.0. The number of rotatable bonds is 5. The van der Waals surface area contributed by atoms with E-state index in [1.165, 1.54) is 10.4 Å². The van der Waals surface area contributed by atoms with Crippen LogP contribution in [0.2, 0.25) is 0 Å². The molecule has 0 bridgehead atoms. The Balaban J connectivity index is 2.15. The molecule has 25 heavy (non-hydrogen) atoms. The van der Waals surface area contributed by atoms with Gasteiger partial charge < -0.3 is 5.32 Å². The third-order valence-electron chi connectivity index (χ3n) is 3.92. The molecular weight excluding hydrogens is 382 g/mol. The summed E-state index contributed by atoms with van der Waals surface area (Å²) in [6, 6.07) is 9.84. The van der Waals surface area contributed by atoms with E-state index in [1.807, 2.05) is 13.0 Å². The number of hydrogen-bond donors (Lipinski definition) is 2. The Morgan fingerprint density at radius 2 is 2.00 bits per heavy atom. The molecule has 2 aromatic rings. The molecule has 0 amide bonds. The van der Waals surface area contributed by atoms with Crippen LogP contribution < -0.4 is 14.8 Å². The number of hydrogen-bond acceptors (Lipinski definition) is 6. The van der Waals surface area contributed by atoms with Crippen LogP contribution in [-0.2, 0) is 20.0 Å². The third kappa shape index (κ3) is 3.44. The summed E-state index contributed by atoms with van der Waals surface area (Å²) in [4.78, 5) is 0. The van der Waals surface area contributed by atoms with Gasteiger partial charge in [0.2, 0.25) is 10.0 Å². The maximum atomic E-state index is 13.0. The van der Waals surface area contributed by atoms with Crippen molar-refractivity contribution in [3.8, 4) is 0 Å². The molecule has 1 unspecified atom stereocenters. The fourth-order valence-corrected chi connectivity index (χ4v) is 7.00. The zero-order chi connectivity index (χ0) is 18.2. The van der Waals surface area contributed by atoms with E-state index in [0.717, 1.165) is 6.42 Å². The summed E-state index contributed by atoms with van der Waals surface area (Å²) in [6.07, 6.45) is 0.871. The van der Waals surface area contributed by atoms with Gasteiger partial charge in [-0.2, -0.15) is 0 Å². The van der Waals surface area contributed by atoms with Crippen molar-refractivity contribution in [3.63, 3.8) is 0 Å². The predicted molar refractivity (Wildman–Crippen MR) is 97.7 cm³/mol. The van der Waals surface area contributed by atoms with E-state index in [1.54, 1.807) is 24.3 Å². The Morgan fingerprint density at radius 3 is 2.60 bits per heavy atom. The van der Waals surface area contributed by atoms with Crippen molar-refractivity contribution in [2.24, 2.45) is 5.14 Å². The number of sulfonamides is 2. The number of thiophene rings is 1. The van der Waals surface area contributed by atoms with Crippen LogP contribution in [0.4, 0.5) is 5.69 Å². The SMILES string of the molecule is CCCNC1CN(c2ccccc2)S(=O)(=O)c2sc(S(N)(=O)=O)cc21. The number of fused-ring (bicyclic) bond motifs is 1. The number of nitrogens with zero attached hydrogens (tertiary/aromatic N) is 1. The van der Waals surface area contributed by atoms with Gasteiger partial charge in [-0.3, -0.25) is 4.31 Å². The van der Waals surface area contributed by atoms with Crippen LogP contribution in [0.5, 0.6) is 0 Å². The van der Waals surface area contributed by atoms with Crippen LogP contribution in [0.1, 0.15) is 24.9 Å². The van der Waals surface area contributed by atoms with Gasteiger partial charge in [0, 0.05) is 5.56 Å². The zero-order valence-corrected chi connectivity index (χ0v) is 16.0. The Labute approximate surface area is 151 Å². The van der Waals surface area contributed by atoms with Crippen molar-refractivity contribution >= 4 is 37.1 Å². The topological polar surface area (TPSA) is 110 Å². The fraction of sp³-hybridized carbons (Fsp3) is 0.333. The van der Waals surface area contributed by atoms with Crippen molar-refractivity contribution in [1.29, 1.82) is 0 Å². The number of para-hydroxylation sites is 1. The standard InChI is InChI=1S/C15H19N3O4S3/c1-2-8-17-13-10-18(11-6-4-3-5-7-11)25(21,22)15-12(13)9-14(23-15)24(16,19)20/h3-7,9,13,17H,2,8,10H2,1H3,(H2,16,19,20). The second kappa shape index (κ2) is 6.69. The average molecular weight is 402 g/mol. The monoisotopic (exact) mass is 401 g/mol. The van der Waals surface area contributed by atoms with Gasteiger partial charge in [0.05, 0.1) is 18.3 Å². The summed E-state index contributed by atoms with van der Waals surface area (Å²) in [5, 5.41) is 8.50. The Bertz CT molecular complexity index is 969. The van der Waals surface area contributed by atoms with Crippen LogP contribution in [0.3, 0.4) is 0 Å². The number of primary sulfonamides is 1. The molecule has 10 heteroatoms. The molecule has 0 spiro atoms. The molecule has 7 nitrogen and oxygen atoms in total. The first-order valence-electron chi connectivity index (χ1n) is 7.73. The van der Waals surface area contributed by atoms with Gasteiger partial charge in [-0.25, -0.2) is 22.0 Å². The van der Waals surface area contributed by atoms with Crippen molar-refractivity contribution in [2.75, 3.05) is 17.4 Å². The first-order chi connectivity index (χ1) is 11.7. The van der Waals surface area contributed by atoms with Gasteiger partial charge in [0.15, 0.2) is 0 Å². The van der Waals surface area contributed by atoms with E-state index < -0.39 is 20.0 Å². The molecular formula is C15H19N3O4S3. The molecule has 0 fully saturated rings. The molecule has 3 N–H and O–H groups in total. The third-order valence-corrected chi connectivity index (χ3v) is 8.81. The first kappa shape index (κ1) is 18.3. The fourth-order valence-electron chi connectivity index (χ4n) is 2.74. The van der Waals surface area contributed by atoms with Crippen molar-refractivity contribution in [2.45, 2.75) is 27.8 Å². The van der Waals surface area contributed by atoms with E-state index in [4.69, 9.17) is 5.14 Å². The van der Waals surface area contributed by atoms with Crippen LogP contribution in [0, 0.1) is 0 Å². The lowest BCUT2D eigenvalue weighted by molar-refractivity contribution is 0.511. The molecule has 0 radical (unpaired) electrons. The highest BCUT2D eigenvalue weighted by atomic mass is 32.3. The highest BCUT2D eigenvalue weighted by molar-refractivity contribution is 7.96. The molecule has 2 heterocycles. The van der Waals surface area contributed by atoms with Gasteiger partial charge >= 0.3 is 0 Å². The summed E-state index contributed by atoms with van der Waals surface area (Å²) >= 11 is 0.702. The molecule has 1 aromatic carbocycles. The largest absolute Gasteiger partial charge is 0.308 e.